The molecule has 3 aliphatic rings. The van der Waals surface area contributed by atoms with Gasteiger partial charge < -0.3 is 19.5 Å². The molecule has 2 spiro atoms. The van der Waals surface area contributed by atoms with Gasteiger partial charge in [-0.1, -0.05) is 11.6 Å². The van der Waals surface area contributed by atoms with E-state index in [1.165, 1.54) is 5.69 Å². The summed E-state index contributed by atoms with van der Waals surface area (Å²) >= 11 is 6.29. The van der Waals surface area contributed by atoms with E-state index in [1.807, 2.05) is 17.0 Å². The van der Waals surface area contributed by atoms with Gasteiger partial charge in [-0.2, -0.15) is 0 Å². The first kappa shape index (κ1) is 18.9. The Labute approximate surface area is 185 Å². The zero-order valence-corrected chi connectivity index (χ0v) is 17.8. The summed E-state index contributed by atoms with van der Waals surface area (Å²) in [5.74, 6) is 0.0678. The molecule has 2 aromatic heterocycles. The van der Waals surface area contributed by atoms with E-state index in [2.05, 4.69) is 39.3 Å². The van der Waals surface area contributed by atoms with E-state index >= 15 is 0 Å². The van der Waals surface area contributed by atoms with Gasteiger partial charge in [0.2, 0.25) is 0 Å². The minimum atomic E-state index is -0.293. The van der Waals surface area contributed by atoms with E-state index < -0.39 is 0 Å². The zero-order valence-electron chi connectivity index (χ0n) is 17.1. The number of likely N-dealkylation sites (tertiary alicyclic amines) is 1. The van der Waals surface area contributed by atoms with Gasteiger partial charge in [-0.3, -0.25) is 9.78 Å². The van der Waals surface area contributed by atoms with Gasteiger partial charge in [-0.15, -0.1) is 0 Å². The van der Waals surface area contributed by atoms with Crippen molar-refractivity contribution in [2.24, 2.45) is 0 Å². The number of aromatic nitrogens is 2. The van der Waals surface area contributed by atoms with Gasteiger partial charge in [0.15, 0.2) is 0 Å². The number of nitrogens with one attached hydrogen (secondary N) is 1. The van der Waals surface area contributed by atoms with Crippen LogP contribution in [0.3, 0.4) is 0 Å². The van der Waals surface area contributed by atoms with Gasteiger partial charge >= 0.3 is 0 Å². The lowest BCUT2D eigenvalue weighted by Crippen LogP contribution is -2.48. The molecule has 0 saturated carbocycles. The van der Waals surface area contributed by atoms with Crippen LogP contribution in [0.15, 0.2) is 61.1 Å². The van der Waals surface area contributed by atoms with Gasteiger partial charge in [-0.05, 0) is 55.3 Å². The van der Waals surface area contributed by atoms with E-state index in [4.69, 9.17) is 16.3 Å². The van der Waals surface area contributed by atoms with Crippen LogP contribution in [0, 0.1) is 0 Å². The highest BCUT2D eigenvalue weighted by Gasteiger charge is 2.54. The molecular formula is C24H23ClN4O2. The predicted molar refractivity (Wildman–Crippen MR) is 119 cm³/mol. The van der Waals surface area contributed by atoms with E-state index in [9.17, 15) is 4.79 Å². The van der Waals surface area contributed by atoms with Crippen LogP contribution in [0.1, 0.15) is 35.3 Å². The Bertz CT molecular complexity index is 1150. The number of carbonyl (C=O) groups is 1. The van der Waals surface area contributed by atoms with Gasteiger partial charge in [0.1, 0.15) is 5.54 Å². The molecule has 3 aliphatic heterocycles. The Morgan fingerprint density at radius 3 is 2.74 bits per heavy atom. The molecule has 0 aliphatic carbocycles. The maximum absolute atomic E-state index is 12.8. The number of fused-ring (bicyclic) bond motifs is 4. The molecule has 0 bridgehead atoms. The highest BCUT2D eigenvalue weighted by atomic mass is 35.5. The van der Waals surface area contributed by atoms with Crippen molar-refractivity contribution in [1.29, 1.82) is 0 Å². The van der Waals surface area contributed by atoms with Crippen LogP contribution in [0.5, 0.6) is 0 Å². The Kier molecular flexibility index (Phi) is 4.17. The summed E-state index contributed by atoms with van der Waals surface area (Å²) in [4.78, 5) is 18.8. The monoisotopic (exact) mass is 434 g/mol. The third-order valence-electron chi connectivity index (χ3n) is 6.97. The quantitative estimate of drug-likeness (QED) is 0.622. The molecule has 1 aromatic carbocycles. The van der Waals surface area contributed by atoms with Crippen molar-refractivity contribution in [2.45, 2.75) is 30.4 Å². The van der Waals surface area contributed by atoms with Crippen molar-refractivity contribution in [2.75, 3.05) is 25.0 Å². The molecule has 7 heteroatoms. The minimum Gasteiger partial charge on any atom is -0.372 e. The van der Waals surface area contributed by atoms with Crippen molar-refractivity contribution in [3.63, 3.8) is 0 Å². The Morgan fingerprint density at radius 1 is 1.13 bits per heavy atom. The highest BCUT2D eigenvalue weighted by Crippen LogP contribution is 2.50. The number of nitrogens with zero attached hydrogens (tertiary/aromatic N) is 3. The lowest BCUT2D eigenvalue weighted by molar-refractivity contribution is -0.0392. The standard InChI is InChI=1S/C24H23ClN4O2/c25-18-3-4-20-19(14-18)27-24(21-2-1-11-29(20)21)15-23(31-16-24)7-12-28(13-8-23)22(30)17-5-9-26-10-6-17/h1-6,9-11,14,27H,7-8,12-13,15-16H2. The number of rotatable bonds is 1. The number of carbonyl (C=O) groups excluding carboxylic acids is 1. The molecule has 31 heavy (non-hydrogen) atoms. The van der Waals surface area contributed by atoms with E-state index in [0.717, 1.165) is 30.6 Å². The maximum atomic E-state index is 12.8. The van der Waals surface area contributed by atoms with Crippen LogP contribution in [0.2, 0.25) is 5.02 Å². The van der Waals surface area contributed by atoms with E-state index in [0.29, 0.717) is 30.3 Å². The minimum absolute atomic E-state index is 0.0678. The molecule has 5 heterocycles. The van der Waals surface area contributed by atoms with Gasteiger partial charge in [-0.25, -0.2) is 0 Å². The smallest absolute Gasteiger partial charge is 0.253 e. The molecule has 1 N–H and O–H groups in total. The molecular weight excluding hydrogens is 412 g/mol. The number of hydrogen-bond donors (Lipinski definition) is 1. The largest absolute Gasteiger partial charge is 0.372 e. The summed E-state index contributed by atoms with van der Waals surface area (Å²) in [6.45, 7) is 1.99. The molecule has 1 atom stereocenters. The first-order valence-electron chi connectivity index (χ1n) is 10.7. The fraction of sp³-hybridized carbons (Fsp3) is 0.333. The zero-order chi connectivity index (χ0) is 21.1. The van der Waals surface area contributed by atoms with Gasteiger partial charge in [0.25, 0.3) is 5.91 Å². The summed E-state index contributed by atoms with van der Waals surface area (Å²) in [7, 11) is 0. The lowest BCUT2D eigenvalue weighted by Gasteiger charge is -2.41. The highest BCUT2D eigenvalue weighted by molar-refractivity contribution is 6.31. The van der Waals surface area contributed by atoms with Crippen LogP contribution in [0.4, 0.5) is 5.69 Å². The molecule has 1 amide bonds. The van der Waals surface area contributed by atoms with Gasteiger partial charge in [0.05, 0.1) is 29.3 Å². The number of piperidine rings is 1. The second-order valence-electron chi connectivity index (χ2n) is 8.81. The fourth-order valence-electron chi connectivity index (χ4n) is 5.41. The van der Waals surface area contributed by atoms with Crippen molar-refractivity contribution >= 4 is 23.2 Å². The van der Waals surface area contributed by atoms with Crippen molar-refractivity contribution in [3.05, 3.63) is 77.3 Å². The van der Waals surface area contributed by atoms with Crippen LogP contribution in [-0.2, 0) is 10.3 Å². The van der Waals surface area contributed by atoms with Crippen molar-refractivity contribution in [3.8, 4) is 5.69 Å². The Balaban J connectivity index is 1.24. The summed E-state index contributed by atoms with van der Waals surface area (Å²) in [6.07, 6.45) is 7.96. The van der Waals surface area contributed by atoms with Crippen molar-refractivity contribution < 1.29 is 9.53 Å². The van der Waals surface area contributed by atoms with Crippen LogP contribution in [-0.4, -0.2) is 45.7 Å². The first-order valence-corrected chi connectivity index (χ1v) is 11.0. The number of ether oxygens (including phenoxy) is 1. The molecule has 0 radical (unpaired) electrons. The Hall–Kier alpha value is -2.83. The molecule has 2 saturated heterocycles. The number of anilines is 1. The molecule has 6 rings (SSSR count). The molecule has 158 valence electrons. The van der Waals surface area contributed by atoms with Crippen LogP contribution >= 0.6 is 11.6 Å². The average molecular weight is 435 g/mol. The third kappa shape index (κ3) is 2.97. The molecule has 3 aromatic rings. The molecule has 6 nitrogen and oxygen atoms in total. The average Bonchev–Trinajstić information content (AvgIpc) is 3.42. The molecule has 1 unspecified atom stereocenters. The number of halogens is 1. The lowest BCUT2D eigenvalue weighted by atomic mass is 9.79. The second-order valence-corrected chi connectivity index (χ2v) is 9.24. The summed E-state index contributed by atoms with van der Waals surface area (Å²) in [5, 5.41) is 4.49. The maximum Gasteiger partial charge on any atom is 0.253 e. The predicted octanol–water partition coefficient (Wildman–Crippen LogP) is 4.24. The Morgan fingerprint density at radius 2 is 1.94 bits per heavy atom. The van der Waals surface area contributed by atoms with Gasteiger partial charge in [0, 0.05) is 48.7 Å². The fourth-order valence-corrected chi connectivity index (χ4v) is 5.58. The van der Waals surface area contributed by atoms with Crippen LogP contribution in [0.25, 0.3) is 5.69 Å². The normalized spacial score (nSPS) is 23.5. The topological polar surface area (TPSA) is 59.4 Å². The van der Waals surface area contributed by atoms with Crippen molar-refractivity contribution in [1.82, 2.24) is 14.5 Å². The number of benzene rings is 1. The number of pyridine rings is 1. The number of amides is 1. The number of hydrogen-bond acceptors (Lipinski definition) is 4. The SMILES string of the molecule is O=C(c1ccncc1)N1CCC2(CC1)CC1(CO2)Nc2cc(Cl)ccc2-n2cccc21. The third-order valence-corrected chi connectivity index (χ3v) is 7.20. The first-order chi connectivity index (χ1) is 15.1. The second kappa shape index (κ2) is 6.84. The molecule has 2 fully saturated rings. The summed E-state index contributed by atoms with van der Waals surface area (Å²) < 4.78 is 8.77. The van der Waals surface area contributed by atoms with E-state index in [1.54, 1.807) is 24.5 Å². The van der Waals surface area contributed by atoms with E-state index in [-0.39, 0.29) is 17.0 Å². The van der Waals surface area contributed by atoms with Crippen LogP contribution < -0.4 is 5.32 Å². The summed E-state index contributed by atoms with van der Waals surface area (Å²) in [6, 6.07) is 13.8. The summed E-state index contributed by atoms with van der Waals surface area (Å²) in [5.41, 5.74) is 3.52.